The van der Waals surface area contributed by atoms with Crippen LogP contribution in [0, 0.1) is 0 Å². The van der Waals surface area contributed by atoms with E-state index in [9.17, 15) is 9.50 Å². The summed E-state index contributed by atoms with van der Waals surface area (Å²) in [5.74, 6) is 0.703. The molecule has 1 aromatic carbocycles. The summed E-state index contributed by atoms with van der Waals surface area (Å²) in [7, 11) is 0. The predicted octanol–water partition coefficient (Wildman–Crippen LogP) is 4.48. The third-order valence-corrected chi connectivity index (χ3v) is 3.94. The van der Waals surface area contributed by atoms with Crippen LogP contribution < -0.4 is 0 Å². The average molecular weight is 319 g/mol. The maximum absolute atomic E-state index is 13.5. The SMILES string of the molecule is Oc1ccc(-c2nc(C3=CC=C(F)C3)c(-c3ccncc3)[nH]2)cc1. The number of aromatic amines is 1. The summed E-state index contributed by atoms with van der Waals surface area (Å²) < 4.78 is 13.5. The Morgan fingerprint density at radius 1 is 0.958 bits per heavy atom. The molecule has 4 rings (SSSR count). The number of phenolic OH excluding ortho intramolecular Hbond substituents is 1. The molecular weight excluding hydrogens is 305 g/mol. The molecule has 0 saturated heterocycles. The van der Waals surface area contributed by atoms with E-state index in [1.165, 1.54) is 6.08 Å². The summed E-state index contributed by atoms with van der Waals surface area (Å²) >= 11 is 0. The zero-order chi connectivity index (χ0) is 16.5. The van der Waals surface area contributed by atoms with Gasteiger partial charge >= 0.3 is 0 Å². The number of rotatable bonds is 3. The van der Waals surface area contributed by atoms with Crippen LogP contribution in [0.3, 0.4) is 0 Å². The van der Waals surface area contributed by atoms with Gasteiger partial charge in [0, 0.05) is 29.9 Å². The van der Waals surface area contributed by atoms with Crippen LogP contribution in [-0.4, -0.2) is 20.1 Å². The Kier molecular flexibility index (Phi) is 3.46. The molecule has 2 aromatic heterocycles. The molecule has 118 valence electrons. The molecule has 1 aliphatic carbocycles. The second-order valence-electron chi connectivity index (χ2n) is 5.57. The molecule has 0 radical (unpaired) electrons. The number of benzene rings is 1. The Labute approximate surface area is 138 Å². The van der Waals surface area contributed by atoms with E-state index in [-0.39, 0.29) is 18.0 Å². The van der Waals surface area contributed by atoms with Crippen LogP contribution in [0.1, 0.15) is 12.1 Å². The van der Waals surface area contributed by atoms with Gasteiger partial charge < -0.3 is 10.1 Å². The molecule has 4 nitrogen and oxygen atoms in total. The van der Waals surface area contributed by atoms with Gasteiger partial charge in [0.05, 0.1) is 11.4 Å². The van der Waals surface area contributed by atoms with E-state index in [2.05, 4.69) is 15.0 Å². The molecule has 0 fully saturated rings. The van der Waals surface area contributed by atoms with Crippen LogP contribution in [0.4, 0.5) is 4.39 Å². The first-order chi connectivity index (χ1) is 11.7. The summed E-state index contributed by atoms with van der Waals surface area (Å²) in [5, 5.41) is 9.45. The molecule has 5 heteroatoms. The molecule has 0 unspecified atom stereocenters. The number of nitrogens with one attached hydrogen (secondary N) is 1. The molecule has 0 atom stereocenters. The van der Waals surface area contributed by atoms with Crippen LogP contribution in [0.2, 0.25) is 0 Å². The lowest BCUT2D eigenvalue weighted by Gasteiger charge is -2.03. The van der Waals surface area contributed by atoms with Gasteiger partial charge in [-0.25, -0.2) is 9.37 Å². The molecule has 0 bridgehead atoms. The van der Waals surface area contributed by atoms with E-state index in [1.54, 1.807) is 42.7 Å². The normalized spacial score (nSPS) is 13.7. The molecule has 0 amide bonds. The number of aromatic nitrogens is 3. The standard InChI is InChI=1S/C19H14FN3O/c20-15-4-1-14(11-15)18-17(12-7-9-21-10-8-12)22-19(23-18)13-2-5-16(24)6-3-13/h1-10,24H,11H2,(H,22,23). The summed E-state index contributed by atoms with van der Waals surface area (Å²) in [6, 6.07) is 10.6. The number of hydrogen-bond acceptors (Lipinski definition) is 3. The van der Waals surface area contributed by atoms with E-state index in [1.807, 2.05) is 12.1 Å². The summed E-state index contributed by atoms with van der Waals surface area (Å²) in [6.07, 6.45) is 6.90. The van der Waals surface area contributed by atoms with Crippen LogP contribution in [0.25, 0.3) is 28.2 Å². The van der Waals surface area contributed by atoms with Crippen LogP contribution >= 0.6 is 0 Å². The van der Waals surface area contributed by atoms with Gasteiger partial charge in [-0.05, 0) is 48.0 Å². The van der Waals surface area contributed by atoms with Crippen molar-refractivity contribution < 1.29 is 9.50 Å². The maximum atomic E-state index is 13.5. The van der Waals surface area contributed by atoms with E-state index in [0.29, 0.717) is 5.82 Å². The highest BCUT2D eigenvalue weighted by atomic mass is 19.1. The average Bonchev–Trinajstić information content (AvgIpc) is 3.23. The monoisotopic (exact) mass is 319 g/mol. The summed E-state index contributed by atoms with van der Waals surface area (Å²) in [6.45, 7) is 0. The number of hydrogen-bond donors (Lipinski definition) is 2. The topological polar surface area (TPSA) is 61.8 Å². The van der Waals surface area contributed by atoms with Crippen molar-refractivity contribution in [3.63, 3.8) is 0 Å². The lowest BCUT2D eigenvalue weighted by Crippen LogP contribution is -1.88. The third kappa shape index (κ3) is 2.60. The Morgan fingerprint density at radius 2 is 1.71 bits per heavy atom. The van der Waals surface area contributed by atoms with Gasteiger partial charge in [0.1, 0.15) is 17.4 Å². The number of aromatic hydroxyl groups is 1. The number of halogens is 1. The largest absolute Gasteiger partial charge is 0.508 e. The number of nitrogens with zero attached hydrogens (tertiary/aromatic N) is 2. The highest BCUT2D eigenvalue weighted by Gasteiger charge is 2.19. The first-order valence-electron chi connectivity index (χ1n) is 7.56. The molecule has 2 heterocycles. The maximum Gasteiger partial charge on any atom is 0.138 e. The zero-order valence-corrected chi connectivity index (χ0v) is 12.7. The smallest absolute Gasteiger partial charge is 0.138 e. The van der Waals surface area contributed by atoms with Crippen LogP contribution in [-0.2, 0) is 0 Å². The molecule has 0 spiro atoms. The van der Waals surface area contributed by atoms with Gasteiger partial charge in [0.2, 0.25) is 0 Å². The highest BCUT2D eigenvalue weighted by Crippen LogP contribution is 2.35. The fourth-order valence-electron chi connectivity index (χ4n) is 2.74. The van der Waals surface area contributed by atoms with Crippen molar-refractivity contribution in [1.29, 1.82) is 0 Å². The van der Waals surface area contributed by atoms with Crippen molar-refractivity contribution in [2.24, 2.45) is 0 Å². The van der Waals surface area contributed by atoms with Gasteiger partial charge in [-0.2, -0.15) is 0 Å². The van der Waals surface area contributed by atoms with Crippen molar-refractivity contribution in [2.75, 3.05) is 0 Å². The van der Waals surface area contributed by atoms with Crippen LogP contribution in [0.5, 0.6) is 5.75 Å². The predicted molar refractivity (Wildman–Crippen MR) is 90.7 cm³/mol. The van der Waals surface area contributed by atoms with E-state index >= 15 is 0 Å². The molecule has 0 saturated carbocycles. The second kappa shape index (κ2) is 5.77. The van der Waals surface area contributed by atoms with Gasteiger partial charge in [-0.3, -0.25) is 4.98 Å². The molecule has 3 aromatic rings. The third-order valence-electron chi connectivity index (χ3n) is 3.94. The highest BCUT2D eigenvalue weighted by molar-refractivity contribution is 5.82. The number of imidazole rings is 1. The van der Waals surface area contributed by atoms with Gasteiger partial charge in [-0.15, -0.1) is 0 Å². The minimum atomic E-state index is -0.167. The van der Waals surface area contributed by atoms with Crippen molar-refractivity contribution in [2.45, 2.75) is 6.42 Å². The molecular formula is C19H14FN3O. The minimum absolute atomic E-state index is 0.167. The Morgan fingerprint density at radius 3 is 2.38 bits per heavy atom. The zero-order valence-electron chi connectivity index (χ0n) is 12.7. The van der Waals surface area contributed by atoms with Gasteiger partial charge in [0.15, 0.2) is 0 Å². The first kappa shape index (κ1) is 14.4. The summed E-state index contributed by atoms with van der Waals surface area (Å²) in [4.78, 5) is 12.0. The molecule has 1 aliphatic rings. The number of pyridine rings is 1. The van der Waals surface area contributed by atoms with E-state index < -0.39 is 0 Å². The molecule has 2 N–H and O–H groups in total. The lowest BCUT2D eigenvalue weighted by molar-refractivity contribution is 0.475. The number of phenols is 1. The van der Waals surface area contributed by atoms with Gasteiger partial charge in [0.25, 0.3) is 0 Å². The number of allylic oxidation sites excluding steroid dienone is 4. The van der Waals surface area contributed by atoms with Crippen molar-refractivity contribution in [1.82, 2.24) is 15.0 Å². The Hall–Kier alpha value is -3.21. The van der Waals surface area contributed by atoms with E-state index in [0.717, 1.165) is 28.1 Å². The van der Waals surface area contributed by atoms with Crippen LogP contribution in [0.15, 0.2) is 66.8 Å². The van der Waals surface area contributed by atoms with E-state index in [4.69, 9.17) is 0 Å². The Bertz CT molecular complexity index is 941. The fourth-order valence-corrected chi connectivity index (χ4v) is 2.74. The van der Waals surface area contributed by atoms with Gasteiger partial charge in [-0.1, -0.05) is 6.08 Å². The van der Waals surface area contributed by atoms with Crippen molar-refractivity contribution >= 4 is 5.57 Å². The number of H-pyrrole nitrogens is 1. The fraction of sp³-hybridized carbons (Fsp3) is 0.0526. The molecule has 0 aliphatic heterocycles. The Balaban J connectivity index is 1.83. The second-order valence-corrected chi connectivity index (χ2v) is 5.57. The molecule has 24 heavy (non-hydrogen) atoms. The van der Waals surface area contributed by atoms with Crippen molar-refractivity contribution in [3.8, 4) is 28.4 Å². The first-order valence-corrected chi connectivity index (χ1v) is 7.56. The van der Waals surface area contributed by atoms with Crippen molar-refractivity contribution in [3.05, 3.63) is 72.5 Å². The quantitative estimate of drug-likeness (QED) is 0.748. The lowest BCUT2D eigenvalue weighted by atomic mass is 10.1. The minimum Gasteiger partial charge on any atom is -0.508 e. The summed E-state index contributed by atoms with van der Waals surface area (Å²) in [5.41, 5.74) is 4.18.